The van der Waals surface area contributed by atoms with Crippen LogP contribution in [0.25, 0.3) is 10.9 Å². The van der Waals surface area contributed by atoms with Crippen molar-refractivity contribution in [2.24, 2.45) is 17.6 Å². The van der Waals surface area contributed by atoms with E-state index in [0.717, 1.165) is 41.6 Å². The van der Waals surface area contributed by atoms with E-state index in [-0.39, 0.29) is 6.04 Å². The SMILES string of the molecule is COc1ccc(N2C[C@H](N)C[C@H](C3CC3)C2)c2cccnc12. The summed E-state index contributed by atoms with van der Waals surface area (Å²) in [5, 5.41) is 1.16. The van der Waals surface area contributed by atoms with E-state index >= 15 is 0 Å². The van der Waals surface area contributed by atoms with Crippen LogP contribution in [0.15, 0.2) is 30.5 Å². The molecule has 0 radical (unpaired) electrons. The van der Waals surface area contributed by atoms with Crippen LogP contribution in [0.3, 0.4) is 0 Å². The molecule has 2 aliphatic rings. The Morgan fingerprint density at radius 3 is 2.82 bits per heavy atom. The number of fused-ring (bicyclic) bond motifs is 1. The first-order valence-corrected chi connectivity index (χ1v) is 8.18. The minimum atomic E-state index is 0.271. The Bertz CT molecular complexity index is 683. The molecular formula is C18H23N3O. The zero-order chi connectivity index (χ0) is 15.1. The lowest BCUT2D eigenvalue weighted by Crippen LogP contribution is -2.47. The van der Waals surface area contributed by atoms with E-state index in [2.05, 4.69) is 22.0 Å². The van der Waals surface area contributed by atoms with Gasteiger partial charge in [0.05, 0.1) is 7.11 Å². The third kappa shape index (κ3) is 2.41. The molecule has 2 atom stereocenters. The number of ether oxygens (including phenoxy) is 1. The van der Waals surface area contributed by atoms with Crippen molar-refractivity contribution < 1.29 is 4.74 Å². The zero-order valence-corrected chi connectivity index (χ0v) is 13.0. The van der Waals surface area contributed by atoms with Crippen LogP contribution in [0.2, 0.25) is 0 Å². The van der Waals surface area contributed by atoms with Gasteiger partial charge >= 0.3 is 0 Å². The average Bonchev–Trinajstić information content (AvgIpc) is 3.38. The summed E-state index contributed by atoms with van der Waals surface area (Å²) >= 11 is 0. The van der Waals surface area contributed by atoms with Gasteiger partial charge in [0.15, 0.2) is 0 Å². The van der Waals surface area contributed by atoms with Crippen molar-refractivity contribution in [2.75, 3.05) is 25.1 Å². The minimum Gasteiger partial charge on any atom is -0.494 e. The summed E-state index contributed by atoms with van der Waals surface area (Å²) in [4.78, 5) is 6.97. The molecular weight excluding hydrogens is 274 g/mol. The van der Waals surface area contributed by atoms with Gasteiger partial charge in [0, 0.05) is 36.4 Å². The van der Waals surface area contributed by atoms with Crippen molar-refractivity contribution in [1.29, 1.82) is 0 Å². The lowest BCUT2D eigenvalue weighted by atomic mass is 9.90. The number of nitrogens with two attached hydrogens (primary N) is 1. The van der Waals surface area contributed by atoms with Crippen LogP contribution in [0.4, 0.5) is 5.69 Å². The number of nitrogens with zero attached hydrogens (tertiary/aromatic N) is 2. The van der Waals surface area contributed by atoms with Crippen molar-refractivity contribution in [3.05, 3.63) is 30.5 Å². The normalized spacial score (nSPS) is 25.5. The molecule has 2 fully saturated rings. The molecule has 0 bridgehead atoms. The van der Waals surface area contributed by atoms with E-state index in [1.165, 1.54) is 24.9 Å². The number of aromatic nitrogens is 1. The van der Waals surface area contributed by atoms with Gasteiger partial charge in [-0.3, -0.25) is 4.98 Å². The van der Waals surface area contributed by atoms with E-state index in [0.29, 0.717) is 0 Å². The third-order valence-electron chi connectivity index (χ3n) is 5.07. The Hall–Kier alpha value is -1.81. The molecule has 1 saturated carbocycles. The number of hydrogen-bond acceptors (Lipinski definition) is 4. The highest BCUT2D eigenvalue weighted by Crippen LogP contribution is 2.42. The van der Waals surface area contributed by atoms with Gasteiger partial charge in [0.2, 0.25) is 0 Å². The molecule has 22 heavy (non-hydrogen) atoms. The Morgan fingerprint density at radius 1 is 1.18 bits per heavy atom. The fraction of sp³-hybridized carbons (Fsp3) is 0.500. The Labute approximate surface area is 131 Å². The van der Waals surface area contributed by atoms with Gasteiger partial charge in [-0.05, 0) is 55.4 Å². The molecule has 116 valence electrons. The van der Waals surface area contributed by atoms with Crippen LogP contribution in [0.5, 0.6) is 5.75 Å². The van der Waals surface area contributed by atoms with Gasteiger partial charge < -0.3 is 15.4 Å². The second-order valence-electron chi connectivity index (χ2n) is 6.68. The Morgan fingerprint density at radius 2 is 2.05 bits per heavy atom. The molecule has 1 aliphatic heterocycles. The highest BCUT2D eigenvalue weighted by atomic mass is 16.5. The molecule has 1 aromatic heterocycles. The quantitative estimate of drug-likeness (QED) is 0.946. The largest absolute Gasteiger partial charge is 0.494 e. The number of benzene rings is 1. The summed E-state index contributed by atoms with van der Waals surface area (Å²) in [6, 6.07) is 8.58. The van der Waals surface area contributed by atoms with Crippen molar-refractivity contribution >= 4 is 16.6 Å². The van der Waals surface area contributed by atoms with Crippen LogP contribution in [-0.2, 0) is 0 Å². The first-order chi connectivity index (χ1) is 10.8. The van der Waals surface area contributed by atoms with Crippen molar-refractivity contribution in [2.45, 2.75) is 25.3 Å². The number of rotatable bonds is 3. The number of methoxy groups -OCH3 is 1. The van der Waals surface area contributed by atoms with Gasteiger partial charge in [-0.25, -0.2) is 0 Å². The molecule has 0 unspecified atom stereocenters. The molecule has 4 nitrogen and oxygen atoms in total. The third-order valence-corrected chi connectivity index (χ3v) is 5.07. The monoisotopic (exact) mass is 297 g/mol. The second-order valence-corrected chi connectivity index (χ2v) is 6.68. The summed E-state index contributed by atoms with van der Waals surface area (Å²) in [6.45, 7) is 2.05. The van der Waals surface area contributed by atoms with Crippen LogP contribution in [0.1, 0.15) is 19.3 Å². The fourth-order valence-electron chi connectivity index (χ4n) is 3.86. The van der Waals surface area contributed by atoms with Crippen LogP contribution in [0, 0.1) is 11.8 Å². The van der Waals surface area contributed by atoms with Crippen molar-refractivity contribution in [3.8, 4) is 5.75 Å². The van der Waals surface area contributed by atoms with Crippen LogP contribution in [-0.4, -0.2) is 31.2 Å². The Balaban J connectivity index is 1.73. The van der Waals surface area contributed by atoms with Crippen LogP contribution >= 0.6 is 0 Å². The Kier molecular flexibility index (Phi) is 3.41. The second kappa shape index (κ2) is 5.43. The van der Waals surface area contributed by atoms with E-state index in [1.807, 2.05) is 18.3 Å². The molecule has 2 heterocycles. The molecule has 1 aromatic carbocycles. The molecule has 4 rings (SSSR count). The van der Waals surface area contributed by atoms with Crippen molar-refractivity contribution in [3.63, 3.8) is 0 Å². The molecule has 0 spiro atoms. The summed E-state index contributed by atoms with van der Waals surface area (Å²) in [5.74, 6) is 2.48. The number of anilines is 1. The maximum absolute atomic E-state index is 6.34. The minimum absolute atomic E-state index is 0.271. The van der Waals surface area contributed by atoms with Crippen molar-refractivity contribution in [1.82, 2.24) is 4.98 Å². The van der Waals surface area contributed by atoms with E-state index in [9.17, 15) is 0 Å². The molecule has 0 amide bonds. The molecule has 2 N–H and O–H groups in total. The lowest BCUT2D eigenvalue weighted by molar-refractivity contribution is 0.342. The summed E-state index contributed by atoms with van der Waals surface area (Å²) in [7, 11) is 1.70. The van der Waals surface area contributed by atoms with Gasteiger partial charge in [-0.2, -0.15) is 0 Å². The van der Waals surface area contributed by atoms with E-state index < -0.39 is 0 Å². The summed E-state index contributed by atoms with van der Waals surface area (Å²) in [6.07, 6.45) is 5.77. The molecule has 4 heteroatoms. The zero-order valence-electron chi connectivity index (χ0n) is 13.0. The number of pyridine rings is 1. The summed E-state index contributed by atoms with van der Waals surface area (Å²) in [5.41, 5.74) is 8.51. The first-order valence-electron chi connectivity index (χ1n) is 8.18. The van der Waals surface area contributed by atoms with E-state index in [1.54, 1.807) is 7.11 Å². The maximum Gasteiger partial charge on any atom is 0.145 e. The topological polar surface area (TPSA) is 51.4 Å². The van der Waals surface area contributed by atoms with Gasteiger partial charge in [0.1, 0.15) is 11.3 Å². The molecule has 1 aliphatic carbocycles. The highest BCUT2D eigenvalue weighted by molar-refractivity contribution is 5.95. The average molecular weight is 297 g/mol. The highest BCUT2D eigenvalue weighted by Gasteiger charge is 2.36. The number of piperidine rings is 1. The fourth-order valence-corrected chi connectivity index (χ4v) is 3.86. The number of hydrogen-bond donors (Lipinski definition) is 1. The maximum atomic E-state index is 6.34. The first kappa shape index (κ1) is 13.8. The smallest absolute Gasteiger partial charge is 0.145 e. The molecule has 2 aromatic rings. The lowest BCUT2D eigenvalue weighted by Gasteiger charge is -2.38. The van der Waals surface area contributed by atoms with Gasteiger partial charge in [0.25, 0.3) is 0 Å². The standard InChI is InChI=1S/C18H23N3O/c1-22-17-7-6-16(15-3-2-8-20-18(15)17)21-10-13(12-4-5-12)9-14(19)11-21/h2-3,6-8,12-14H,4-5,9-11,19H2,1H3/t13-,14+/m0/s1. The summed E-state index contributed by atoms with van der Waals surface area (Å²) < 4.78 is 5.45. The van der Waals surface area contributed by atoms with E-state index in [4.69, 9.17) is 10.5 Å². The van der Waals surface area contributed by atoms with Gasteiger partial charge in [-0.1, -0.05) is 0 Å². The van der Waals surface area contributed by atoms with Crippen LogP contribution < -0.4 is 15.4 Å². The predicted octanol–water partition coefficient (Wildman–Crippen LogP) is 2.81. The predicted molar refractivity (Wildman–Crippen MR) is 89.3 cm³/mol. The van der Waals surface area contributed by atoms with Gasteiger partial charge in [-0.15, -0.1) is 0 Å². The molecule has 1 saturated heterocycles.